The Labute approximate surface area is 156 Å². The molecule has 0 spiro atoms. The van der Waals surface area contributed by atoms with E-state index in [-0.39, 0.29) is 5.60 Å². The minimum Gasteiger partial charge on any atom is -0.376 e. The Morgan fingerprint density at radius 1 is 1.27 bits per heavy atom. The van der Waals surface area contributed by atoms with E-state index in [0.29, 0.717) is 0 Å². The summed E-state index contributed by atoms with van der Waals surface area (Å²) >= 11 is 0. The van der Waals surface area contributed by atoms with Gasteiger partial charge in [0.05, 0.1) is 11.3 Å². The molecule has 0 saturated carbocycles. The number of nitrogens with one attached hydrogen (secondary N) is 1. The lowest BCUT2D eigenvalue weighted by molar-refractivity contribution is -0.0773. The number of benzene rings is 1. The molecular formula is C22H29N3O. The van der Waals surface area contributed by atoms with Gasteiger partial charge in [0.15, 0.2) is 0 Å². The fourth-order valence-electron chi connectivity index (χ4n) is 4.29. The Morgan fingerprint density at radius 3 is 2.92 bits per heavy atom. The van der Waals surface area contributed by atoms with Crippen molar-refractivity contribution in [1.82, 2.24) is 15.1 Å². The molecule has 1 saturated heterocycles. The van der Waals surface area contributed by atoms with Gasteiger partial charge in [-0.1, -0.05) is 36.4 Å². The van der Waals surface area contributed by atoms with E-state index in [4.69, 9.17) is 4.74 Å². The second kappa shape index (κ2) is 7.37. The van der Waals surface area contributed by atoms with Crippen molar-refractivity contribution in [3.63, 3.8) is 0 Å². The van der Waals surface area contributed by atoms with Gasteiger partial charge in [-0.3, -0.25) is 10.00 Å². The van der Waals surface area contributed by atoms with Crippen molar-refractivity contribution in [3.05, 3.63) is 52.8 Å². The monoisotopic (exact) mass is 351 g/mol. The highest BCUT2D eigenvalue weighted by Gasteiger charge is 2.31. The molecule has 0 unspecified atom stereocenters. The molecule has 4 rings (SSSR count). The molecule has 0 aliphatic carbocycles. The van der Waals surface area contributed by atoms with Crippen LogP contribution in [-0.2, 0) is 17.7 Å². The summed E-state index contributed by atoms with van der Waals surface area (Å²) in [6.45, 7) is 8.62. The van der Waals surface area contributed by atoms with Gasteiger partial charge in [0.25, 0.3) is 0 Å². The summed E-state index contributed by atoms with van der Waals surface area (Å²) in [5, 5.41) is 7.81. The molecule has 1 fully saturated rings. The summed E-state index contributed by atoms with van der Waals surface area (Å²) in [6.07, 6.45) is 7.69. The Morgan fingerprint density at radius 2 is 2.12 bits per heavy atom. The van der Waals surface area contributed by atoms with Gasteiger partial charge in [-0.2, -0.15) is 5.10 Å². The Kier molecular flexibility index (Phi) is 4.96. The summed E-state index contributed by atoms with van der Waals surface area (Å²) < 4.78 is 5.88. The third-order valence-corrected chi connectivity index (χ3v) is 5.59. The molecule has 1 N–H and O–H groups in total. The highest BCUT2D eigenvalue weighted by molar-refractivity contribution is 5.69. The quantitative estimate of drug-likeness (QED) is 0.900. The summed E-state index contributed by atoms with van der Waals surface area (Å²) in [4.78, 5) is 2.60. The van der Waals surface area contributed by atoms with Crippen LogP contribution in [0.3, 0.4) is 0 Å². The van der Waals surface area contributed by atoms with E-state index in [0.717, 1.165) is 44.1 Å². The van der Waals surface area contributed by atoms with Gasteiger partial charge in [0, 0.05) is 43.9 Å². The summed E-state index contributed by atoms with van der Waals surface area (Å²) in [5.41, 5.74) is 5.00. The molecule has 1 aromatic carbocycles. The second-order valence-electron chi connectivity index (χ2n) is 8.26. The summed E-state index contributed by atoms with van der Waals surface area (Å²) in [5.74, 6) is 0.732. The maximum Gasteiger partial charge on any atom is 0.0896 e. The van der Waals surface area contributed by atoms with Crippen molar-refractivity contribution in [3.8, 4) is 0 Å². The minimum atomic E-state index is 0.0308. The number of hydrogen-bond acceptors (Lipinski definition) is 3. The van der Waals surface area contributed by atoms with Crippen LogP contribution in [0, 0.1) is 5.92 Å². The summed E-state index contributed by atoms with van der Waals surface area (Å²) in [6, 6.07) is 10.4. The van der Waals surface area contributed by atoms with Crippen LogP contribution in [-0.4, -0.2) is 40.4 Å². The standard InChI is InChI=1S/C22H29N3O/c1-22(2)14-18(11-13-26-22)15-25-12-10-21-19(16-25)20(23-24-21)9-8-17-6-4-3-5-7-17/h3-9,18H,10-16H2,1-2H3,(H,23,24)/b9-8+/t18-/m1/s1. The molecule has 2 aliphatic rings. The van der Waals surface area contributed by atoms with E-state index < -0.39 is 0 Å². The van der Waals surface area contributed by atoms with Crippen LogP contribution >= 0.6 is 0 Å². The van der Waals surface area contributed by atoms with Gasteiger partial charge >= 0.3 is 0 Å². The van der Waals surface area contributed by atoms with Crippen molar-refractivity contribution >= 4 is 12.2 Å². The second-order valence-corrected chi connectivity index (χ2v) is 8.26. The molecule has 4 heteroatoms. The number of rotatable bonds is 4. The minimum absolute atomic E-state index is 0.0308. The zero-order chi connectivity index (χ0) is 18.0. The molecule has 0 amide bonds. The van der Waals surface area contributed by atoms with Crippen molar-refractivity contribution in [2.24, 2.45) is 5.92 Å². The van der Waals surface area contributed by atoms with Gasteiger partial charge in [0.2, 0.25) is 0 Å². The molecule has 0 radical (unpaired) electrons. The van der Waals surface area contributed by atoms with E-state index in [1.54, 1.807) is 0 Å². The molecule has 26 heavy (non-hydrogen) atoms. The molecule has 3 heterocycles. The number of aromatic amines is 1. The maximum absolute atomic E-state index is 5.88. The Balaban J connectivity index is 1.43. The van der Waals surface area contributed by atoms with Crippen molar-refractivity contribution in [1.29, 1.82) is 0 Å². The van der Waals surface area contributed by atoms with Crippen LogP contribution in [0.15, 0.2) is 30.3 Å². The molecular weight excluding hydrogens is 322 g/mol. The van der Waals surface area contributed by atoms with Crippen LogP contribution in [0.25, 0.3) is 12.2 Å². The van der Waals surface area contributed by atoms with E-state index in [9.17, 15) is 0 Å². The lowest BCUT2D eigenvalue weighted by Gasteiger charge is -2.38. The Bertz CT molecular complexity index is 763. The van der Waals surface area contributed by atoms with Gasteiger partial charge < -0.3 is 4.74 Å². The highest BCUT2D eigenvalue weighted by Crippen LogP contribution is 2.30. The Hall–Kier alpha value is -1.91. The fraction of sp³-hybridized carbons (Fsp3) is 0.500. The van der Waals surface area contributed by atoms with Crippen molar-refractivity contribution in [2.45, 2.75) is 45.3 Å². The first-order valence-electron chi connectivity index (χ1n) is 9.75. The van der Waals surface area contributed by atoms with Crippen LogP contribution in [0.2, 0.25) is 0 Å². The molecule has 2 aromatic rings. The topological polar surface area (TPSA) is 41.2 Å². The van der Waals surface area contributed by atoms with E-state index >= 15 is 0 Å². The predicted octanol–water partition coefficient (Wildman–Crippen LogP) is 4.14. The van der Waals surface area contributed by atoms with Crippen LogP contribution in [0.4, 0.5) is 0 Å². The molecule has 4 nitrogen and oxygen atoms in total. The molecule has 138 valence electrons. The van der Waals surface area contributed by atoms with E-state index in [1.165, 1.54) is 29.8 Å². The first kappa shape index (κ1) is 17.5. The third kappa shape index (κ3) is 4.08. The summed E-state index contributed by atoms with van der Waals surface area (Å²) in [7, 11) is 0. The third-order valence-electron chi connectivity index (χ3n) is 5.59. The van der Waals surface area contributed by atoms with Crippen LogP contribution < -0.4 is 0 Å². The van der Waals surface area contributed by atoms with E-state index in [2.05, 4.69) is 65.4 Å². The number of ether oxygens (including phenoxy) is 1. The van der Waals surface area contributed by atoms with E-state index in [1.807, 2.05) is 6.07 Å². The molecule has 1 aromatic heterocycles. The predicted molar refractivity (Wildman–Crippen MR) is 106 cm³/mol. The largest absolute Gasteiger partial charge is 0.376 e. The number of hydrogen-bond donors (Lipinski definition) is 1. The highest BCUT2D eigenvalue weighted by atomic mass is 16.5. The number of H-pyrrole nitrogens is 1. The average molecular weight is 351 g/mol. The number of fused-ring (bicyclic) bond motifs is 1. The normalized spacial score (nSPS) is 23.2. The lowest BCUT2D eigenvalue weighted by Crippen LogP contribution is -2.41. The SMILES string of the molecule is CC1(C)C[C@H](CN2CCc3[nH]nc(/C=C/c4ccccc4)c3C2)CCO1. The van der Waals surface area contributed by atoms with Gasteiger partial charge in [-0.25, -0.2) is 0 Å². The lowest BCUT2D eigenvalue weighted by atomic mass is 9.87. The number of nitrogens with zero attached hydrogens (tertiary/aromatic N) is 2. The van der Waals surface area contributed by atoms with Crippen molar-refractivity contribution < 1.29 is 4.74 Å². The molecule has 2 aliphatic heterocycles. The van der Waals surface area contributed by atoms with Crippen LogP contribution in [0.5, 0.6) is 0 Å². The first-order valence-corrected chi connectivity index (χ1v) is 9.75. The molecule has 0 bridgehead atoms. The smallest absolute Gasteiger partial charge is 0.0896 e. The molecule has 1 atom stereocenters. The maximum atomic E-state index is 5.88. The zero-order valence-electron chi connectivity index (χ0n) is 15.9. The average Bonchev–Trinajstić information content (AvgIpc) is 3.02. The zero-order valence-corrected chi connectivity index (χ0v) is 15.9. The van der Waals surface area contributed by atoms with Gasteiger partial charge in [-0.15, -0.1) is 0 Å². The van der Waals surface area contributed by atoms with Crippen molar-refractivity contribution in [2.75, 3.05) is 19.7 Å². The fourth-order valence-corrected chi connectivity index (χ4v) is 4.29. The van der Waals surface area contributed by atoms with Crippen LogP contribution in [0.1, 0.15) is 49.2 Å². The van der Waals surface area contributed by atoms with Gasteiger partial charge in [0.1, 0.15) is 0 Å². The number of aromatic nitrogens is 2. The first-order chi connectivity index (χ1) is 12.6. The van der Waals surface area contributed by atoms with Gasteiger partial charge in [-0.05, 0) is 44.2 Å².